The predicted octanol–water partition coefficient (Wildman–Crippen LogP) is 1.76. The van der Waals surface area contributed by atoms with Gasteiger partial charge in [-0.15, -0.1) is 0 Å². The van der Waals surface area contributed by atoms with Crippen molar-refractivity contribution in [1.29, 1.82) is 0 Å². The Kier molecular flexibility index (Phi) is 5.27. The molecule has 1 aromatic heterocycles. The molecule has 2 heterocycles. The van der Waals surface area contributed by atoms with Gasteiger partial charge in [-0.3, -0.25) is 14.6 Å². The van der Waals surface area contributed by atoms with Crippen LogP contribution < -0.4 is 4.90 Å². The zero-order valence-corrected chi connectivity index (χ0v) is 14.3. The molecule has 1 saturated heterocycles. The van der Waals surface area contributed by atoms with E-state index in [1.54, 1.807) is 4.90 Å². The number of para-hydroxylation sites is 1. The van der Waals surface area contributed by atoms with Gasteiger partial charge in [-0.25, -0.2) is 0 Å². The third kappa shape index (κ3) is 4.21. The molecular weight excluding hydrogens is 304 g/mol. The van der Waals surface area contributed by atoms with Gasteiger partial charge in [-0.05, 0) is 19.1 Å². The number of piperazine rings is 1. The summed E-state index contributed by atoms with van der Waals surface area (Å²) in [6, 6.07) is 11.7. The molecule has 0 bridgehead atoms. The van der Waals surface area contributed by atoms with Crippen molar-refractivity contribution in [2.24, 2.45) is 0 Å². The van der Waals surface area contributed by atoms with E-state index >= 15 is 0 Å². The van der Waals surface area contributed by atoms with Gasteiger partial charge in [0, 0.05) is 51.5 Å². The van der Waals surface area contributed by atoms with Crippen LogP contribution in [0.5, 0.6) is 0 Å². The second-order valence-corrected chi connectivity index (χ2v) is 6.27. The van der Waals surface area contributed by atoms with Crippen molar-refractivity contribution in [3.8, 4) is 0 Å². The summed E-state index contributed by atoms with van der Waals surface area (Å²) in [4.78, 5) is 18.7. The molecule has 128 valence electrons. The number of benzene rings is 1. The highest BCUT2D eigenvalue weighted by atomic mass is 16.5. The standard InChI is InChI=1S/C18H24N4O2/c1-15-12-16(19-24-15)13-21-8-10-22(11-9-21)14-18(23)20(2)17-6-4-3-5-7-17/h3-7,12H,8-11,13-14H2,1-2H3. The second-order valence-electron chi connectivity index (χ2n) is 6.27. The Bertz CT molecular complexity index is 663. The van der Waals surface area contributed by atoms with Crippen LogP contribution in [0.15, 0.2) is 40.9 Å². The Morgan fingerprint density at radius 2 is 1.83 bits per heavy atom. The first-order chi connectivity index (χ1) is 11.6. The van der Waals surface area contributed by atoms with Crippen LogP contribution in [-0.2, 0) is 11.3 Å². The van der Waals surface area contributed by atoms with Gasteiger partial charge in [0.2, 0.25) is 5.91 Å². The molecule has 1 amide bonds. The molecule has 0 saturated carbocycles. The molecule has 1 aliphatic rings. The number of hydrogen-bond acceptors (Lipinski definition) is 5. The molecule has 0 unspecified atom stereocenters. The number of aryl methyl sites for hydroxylation is 1. The lowest BCUT2D eigenvalue weighted by Crippen LogP contribution is -2.49. The average Bonchev–Trinajstić information content (AvgIpc) is 3.01. The Balaban J connectivity index is 1.46. The van der Waals surface area contributed by atoms with Crippen molar-refractivity contribution in [3.63, 3.8) is 0 Å². The van der Waals surface area contributed by atoms with Gasteiger partial charge in [0.25, 0.3) is 0 Å². The van der Waals surface area contributed by atoms with Crippen LogP contribution in [-0.4, -0.2) is 60.6 Å². The Morgan fingerprint density at radius 3 is 2.46 bits per heavy atom. The van der Waals surface area contributed by atoms with Crippen molar-refractivity contribution in [1.82, 2.24) is 15.0 Å². The van der Waals surface area contributed by atoms with Crippen molar-refractivity contribution in [2.45, 2.75) is 13.5 Å². The van der Waals surface area contributed by atoms with Gasteiger partial charge < -0.3 is 9.42 Å². The maximum atomic E-state index is 12.4. The van der Waals surface area contributed by atoms with Crippen LogP contribution in [0.4, 0.5) is 5.69 Å². The summed E-state index contributed by atoms with van der Waals surface area (Å²) in [5.74, 6) is 0.972. The van der Waals surface area contributed by atoms with Crippen LogP contribution >= 0.6 is 0 Å². The molecule has 3 rings (SSSR count). The maximum Gasteiger partial charge on any atom is 0.240 e. The van der Waals surface area contributed by atoms with E-state index in [-0.39, 0.29) is 5.91 Å². The minimum absolute atomic E-state index is 0.127. The summed E-state index contributed by atoms with van der Waals surface area (Å²) in [5.41, 5.74) is 1.91. The van der Waals surface area contributed by atoms with Gasteiger partial charge in [0.15, 0.2) is 0 Å². The van der Waals surface area contributed by atoms with Crippen LogP contribution in [0.3, 0.4) is 0 Å². The van der Waals surface area contributed by atoms with Gasteiger partial charge in [0.1, 0.15) is 5.76 Å². The van der Waals surface area contributed by atoms with E-state index < -0.39 is 0 Å². The van der Waals surface area contributed by atoms with E-state index in [4.69, 9.17) is 4.52 Å². The number of hydrogen-bond donors (Lipinski definition) is 0. The highest BCUT2D eigenvalue weighted by Crippen LogP contribution is 2.13. The van der Waals surface area contributed by atoms with E-state index in [9.17, 15) is 4.79 Å². The van der Waals surface area contributed by atoms with Crippen molar-refractivity contribution in [3.05, 3.63) is 47.9 Å². The fourth-order valence-corrected chi connectivity index (χ4v) is 2.92. The van der Waals surface area contributed by atoms with E-state index in [2.05, 4.69) is 15.0 Å². The maximum absolute atomic E-state index is 12.4. The zero-order chi connectivity index (χ0) is 16.9. The monoisotopic (exact) mass is 328 g/mol. The first-order valence-electron chi connectivity index (χ1n) is 8.30. The van der Waals surface area contributed by atoms with Crippen LogP contribution in [0.1, 0.15) is 11.5 Å². The molecular formula is C18H24N4O2. The lowest BCUT2D eigenvalue weighted by atomic mass is 10.2. The highest BCUT2D eigenvalue weighted by molar-refractivity contribution is 5.94. The molecule has 1 fully saturated rings. The number of likely N-dealkylation sites (N-methyl/N-ethyl adjacent to an activating group) is 1. The summed E-state index contributed by atoms with van der Waals surface area (Å²) in [7, 11) is 1.83. The number of amides is 1. The van der Waals surface area contributed by atoms with Crippen LogP contribution in [0.25, 0.3) is 0 Å². The van der Waals surface area contributed by atoms with Crippen LogP contribution in [0, 0.1) is 6.92 Å². The van der Waals surface area contributed by atoms with Gasteiger partial charge in [-0.2, -0.15) is 0 Å². The lowest BCUT2D eigenvalue weighted by Gasteiger charge is -2.34. The fourth-order valence-electron chi connectivity index (χ4n) is 2.92. The number of carbonyl (C=O) groups excluding carboxylic acids is 1. The van der Waals surface area contributed by atoms with Gasteiger partial charge in [-0.1, -0.05) is 23.4 Å². The summed E-state index contributed by atoms with van der Waals surface area (Å²) in [6.45, 7) is 6.84. The number of aromatic nitrogens is 1. The minimum Gasteiger partial charge on any atom is -0.361 e. The quantitative estimate of drug-likeness (QED) is 0.837. The third-order valence-electron chi connectivity index (χ3n) is 4.40. The Hall–Kier alpha value is -2.18. The van der Waals surface area contributed by atoms with Crippen molar-refractivity contribution in [2.75, 3.05) is 44.7 Å². The molecule has 1 aromatic carbocycles. The molecule has 0 spiro atoms. The minimum atomic E-state index is 0.127. The average molecular weight is 328 g/mol. The molecule has 0 atom stereocenters. The predicted molar refractivity (Wildman–Crippen MR) is 92.8 cm³/mol. The Morgan fingerprint density at radius 1 is 1.17 bits per heavy atom. The van der Waals surface area contributed by atoms with Crippen molar-refractivity contribution < 1.29 is 9.32 Å². The third-order valence-corrected chi connectivity index (χ3v) is 4.40. The first-order valence-corrected chi connectivity index (χ1v) is 8.30. The highest BCUT2D eigenvalue weighted by Gasteiger charge is 2.21. The van der Waals surface area contributed by atoms with E-state index in [1.165, 1.54) is 0 Å². The van der Waals surface area contributed by atoms with Crippen molar-refractivity contribution >= 4 is 11.6 Å². The number of nitrogens with zero attached hydrogens (tertiary/aromatic N) is 4. The molecule has 0 N–H and O–H groups in total. The largest absolute Gasteiger partial charge is 0.361 e. The number of anilines is 1. The summed E-state index contributed by atoms with van der Waals surface area (Å²) in [6.07, 6.45) is 0. The van der Waals surface area contributed by atoms with Gasteiger partial charge in [0.05, 0.1) is 12.2 Å². The van der Waals surface area contributed by atoms with Gasteiger partial charge >= 0.3 is 0 Å². The molecule has 0 radical (unpaired) electrons. The van der Waals surface area contributed by atoms with Crippen LogP contribution in [0.2, 0.25) is 0 Å². The fraction of sp³-hybridized carbons (Fsp3) is 0.444. The summed E-state index contributed by atoms with van der Waals surface area (Å²) < 4.78 is 5.11. The number of rotatable bonds is 5. The summed E-state index contributed by atoms with van der Waals surface area (Å²) >= 11 is 0. The van der Waals surface area contributed by atoms with E-state index in [0.29, 0.717) is 6.54 Å². The molecule has 24 heavy (non-hydrogen) atoms. The molecule has 1 aliphatic heterocycles. The molecule has 2 aromatic rings. The molecule has 6 nitrogen and oxygen atoms in total. The molecule has 6 heteroatoms. The summed E-state index contributed by atoms with van der Waals surface area (Å²) in [5, 5.41) is 4.04. The lowest BCUT2D eigenvalue weighted by molar-refractivity contribution is -0.119. The number of carbonyl (C=O) groups is 1. The van der Waals surface area contributed by atoms with E-state index in [0.717, 1.165) is 49.9 Å². The van der Waals surface area contributed by atoms with E-state index in [1.807, 2.05) is 50.4 Å². The smallest absolute Gasteiger partial charge is 0.240 e. The topological polar surface area (TPSA) is 52.8 Å². The SMILES string of the molecule is Cc1cc(CN2CCN(CC(=O)N(C)c3ccccc3)CC2)no1. The Labute approximate surface area is 142 Å². The first kappa shape index (κ1) is 16.7. The normalized spacial score (nSPS) is 16.2. The zero-order valence-electron chi connectivity index (χ0n) is 14.3. The second kappa shape index (κ2) is 7.59. The molecule has 0 aliphatic carbocycles.